The van der Waals surface area contributed by atoms with E-state index in [1.165, 1.54) is 16.7 Å². The Morgan fingerprint density at radius 2 is 2.10 bits per heavy atom. The number of nitrogens with one attached hydrogen (secondary N) is 1. The lowest BCUT2D eigenvalue weighted by Crippen LogP contribution is -2.53. The van der Waals surface area contributed by atoms with Gasteiger partial charge < -0.3 is 20.4 Å². The van der Waals surface area contributed by atoms with E-state index in [0.717, 1.165) is 6.92 Å². The Labute approximate surface area is 128 Å². The predicted molar refractivity (Wildman–Crippen MR) is 78.7 cm³/mol. The van der Waals surface area contributed by atoms with Crippen LogP contribution >= 0.6 is 11.8 Å². The Morgan fingerprint density at radius 1 is 1.48 bits per heavy atom. The van der Waals surface area contributed by atoms with Crippen LogP contribution in [0.4, 0.5) is 0 Å². The van der Waals surface area contributed by atoms with Crippen LogP contribution in [0.5, 0.6) is 0 Å². The number of nitrogens with zero attached hydrogens (tertiary/aromatic N) is 1. The molecule has 0 aromatic rings. The molecule has 1 aliphatic rings. The zero-order valence-electron chi connectivity index (χ0n) is 12.5. The van der Waals surface area contributed by atoms with Gasteiger partial charge in [0, 0.05) is 11.7 Å². The van der Waals surface area contributed by atoms with Crippen LogP contribution in [0.3, 0.4) is 0 Å². The molecule has 7 nitrogen and oxygen atoms in total. The number of amides is 2. The average Bonchev–Trinajstić information content (AvgIpc) is 2.92. The first-order valence-corrected chi connectivity index (χ1v) is 7.98. The van der Waals surface area contributed by atoms with Crippen molar-refractivity contribution in [2.24, 2.45) is 5.92 Å². The molecule has 1 rings (SSSR count). The second-order valence-electron chi connectivity index (χ2n) is 5.43. The quantitative estimate of drug-likeness (QED) is 0.630. The second kappa shape index (κ2) is 7.13. The van der Waals surface area contributed by atoms with Gasteiger partial charge in [-0.3, -0.25) is 9.59 Å². The molecule has 3 atom stereocenters. The lowest BCUT2D eigenvalue weighted by molar-refractivity contribution is -0.156. The van der Waals surface area contributed by atoms with Gasteiger partial charge in [-0.05, 0) is 13.3 Å². The van der Waals surface area contributed by atoms with Crippen molar-refractivity contribution < 1.29 is 24.6 Å². The number of carboxylic acids is 1. The van der Waals surface area contributed by atoms with Gasteiger partial charge in [0.2, 0.25) is 11.8 Å². The minimum atomic E-state index is -2.02. The molecule has 1 saturated heterocycles. The molecule has 1 aliphatic heterocycles. The SMILES string of the molecule is CCC(C)C(=O)N1CSCC1C(=O)NCC(C)(O)C(=O)O. The van der Waals surface area contributed by atoms with Crippen molar-refractivity contribution in [2.75, 3.05) is 18.2 Å². The fraction of sp³-hybridized carbons (Fsp3) is 0.769. The topological polar surface area (TPSA) is 107 Å². The highest BCUT2D eigenvalue weighted by molar-refractivity contribution is 7.99. The van der Waals surface area contributed by atoms with Crippen LogP contribution in [0, 0.1) is 5.92 Å². The van der Waals surface area contributed by atoms with Gasteiger partial charge in [0.15, 0.2) is 5.60 Å². The zero-order valence-corrected chi connectivity index (χ0v) is 13.3. The van der Waals surface area contributed by atoms with Gasteiger partial charge in [0.1, 0.15) is 6.04 Å². The fourth-order valence-corrected chi connectivity index (χ4v) is 2.95. The van der Waals surface area contributed by atoms with E-state index < -0.39 is 30.1 Å². The maximum absolute atomic E-state index is 12.2. The summed E-state index contributed by atoms with van der Waals surface area (Å²) in [7, 11) is 0. The third-order valence-corrected chi connectivity index (χ3v) is 4.58. The van der Waals surface area contributed by atoms with Crippen LogP contribution in [0.2, 0.25) is 0 Å². The van der Waals surface area contributed by atoms with E-state index >= 15 is 0 Å². The van der Waals surface area contributed by atoms with Crippen LogP contribution in [0.25, 0.3) is 0 Å². The molecule has 120 valence electrons. The number of thioether (sulfide) groups is 1. The number of carbonyl (C=O) groups is 3. The van der Waals surface area contributed by atoms with E-state index in [1.54, 1.807) is 0 Å². The first-order valence-electron chi connectivity index (χ1n) is 6.82. The summed E-state index contributed by atoms with van der Waals surface area (Å²) in [6.07, 6.45) is 0.696. The molecule has 8 heteroatoms. The van der Waals surface area contributed by atoms with Crippen molar-refractivity contribution in [1.82, 2.24) is 10.2 Å². The van der Waals surface area contributed by atoms with Gasteiger partial charge in [-0.15, -0.1) is 11.8 Å². The van der Waals surface area contributed by atoms with Gasteiger partial charge in [0.25, 0.3) is 0 Å². The van der Waals surface area contributed by atoms with Gasteiger partial charge >= 0.3 is 5.97 Å². The molecule has 3 N–H and O–H groups in total. The Bertz CT molecular complexity index is 427. The van der Waals surface area contributed by atoms with Crippen molar-refractivity contribution in [2.45, 2.75) is 38.8 Å². The minimum Gasteiger partial charge on any atom is -0.479 e. The summed E-state index contributed by atoms with van der Waals surface area (Å²) in [4.78, 5) is 36.6. The lowest BCUT2D eigenvalue weighted by Gasteiger charge is -2.26. The molecule has 21 heavy (non-hydrogen) atoms. The molecule has 0 radical (unpaired) electrons. The van der Waals surface area contributed by atoms with Crippen LogP contribution in [-0.4, -0.2) is 62.7 Å². The van der Waals surface area contributed by atoms with Crippen LogP contribution in [0.15, 0.2) is 0 Å². The highest BCUT2D eigenvalue weighted by atomic mass is 32.2. The van der Waals surface area contributed by atoms with Gasteiger partial charge in [-0.2, -0.15) is 0 Å². The summed E-state index contributed by atoms with van der Waals surface area (Å²) in [5, 5.41) is 20.8. The first kappa shape index (κ1) is 17.8. The van der Waals surface area contributed by atoms with Crippen molar-refractivity contribution in [1.29, 1.82) is 0 Å². The number of hydrogen-bond acceptors (Lipinski definition) is 5. The van der Waals surface area contributed by atoms with Crippen molar-refractivity contribution in [3.63, 3.8) is 0 Å². The Balaban J connectivity index is 2.65. The summed E-state index contributed by atoms with van der Waals surface area (Å²) in [6, 6.07) is -0.610. The smallest absolute Gasteiger partial charge is 0.337 e. The summed E-state index contributed by atoms with van der Waals surface area (Å²) in [6.45, 7) is 4.44. The van der Waals surface area contributed by atoms with Crippen molar-refractivity contribution >= 4 is 29.5 Å². The Kier molecular flexibility index (Phi) is 6.03. The van der Waals surface area contributed by atoms with Gasteiger partial charge in [-0.25, -0.2) is 4.79 Å². The summed E-state index contributed by atoms with van der Waals surface area (Å²) in [5.41, 5.74) is -2.02. The molecule has 0 aliphatic carbocycles. The first-order chi connectivity index (χ1) is 9.70. The summed E-state index contributed by atoms with van der Waals surface area (Å²) in [5.74, 6) is -1.14. The van der Waals surface area contributed by atoms with Crippen LogP contribution in [0.1, 0.15) is 27.2 Å². The molecule has 0 aromatic heterocycles. The summed E-state index contributed by atoms with van der Waals surface area (Å²) >= 11 is 1.48. The summed E-state index contributed by atoms with van der Waals surface area (Å²) < 4.78 is 0. The van der Waals surface area contributed by atoms with E-state index in [0.29, 0.717) is 18.1 Å². The molecule has 0 bridgehead atoms. The van der Waals surface area contributed by atoms with E-state index in [9.17, 15) is 19.5 Å². The second-order valence-corrected chi connectivity index (χ2v) is 6.43. The molecule has 0 spiro atoms. The maximum atomic E-state index is 12.2. The largest absolute Gasteiger partial charge is 0.479 e. The molecule has 2 amide bonds. The third-order valence-electron chi connectivity index (χ3n) is 3.57. The number of rotatable bonds is 6. The van der Waals surface area contributed by atoms with Crippen LogP contribution < -0.4 is 5.32 Å². The zero-order chi connectivity index (χ0) is 16.2. The number of aliphatic hydroxyl groups is 1. The van der Waals surface area contributed by atoms with Gasteiger partial charge in [0.05, 0.1) is 12.4 Å². The molecule has 0 aromatic carbocycles. The number of carbonyl (C=O) groups excluding carboxylic acids is 2. The van der Waals surface area contributed by atoms with Crippen molar-refractivity contribution in [3.05, 3.63) is 0 Å². The highest BCUT2D eigenvalue weighted by Crippen LogP contribution is 2.24. The Morgan fingerprint density at radius 3 is 2.62 bits per heavy atom. The molecule has 3 unspecified atom stereocenters. The van der Waals surface area contributed by atoms with Crippen molar-refractivity contribution in [3.8, 4) is 0 Å². The molecular weight excluding hydrogens is 296 g/mol. The highest BCUT2D eigenvalue weighted by Gasteiger charge is 2.37. The minimum absolute atomic E-state index is 0.0763. The number of carboxylic acid groups (broad SMARTS) is 1. The number of aliphatic carboxylic acids is 1. The molecule has 1 heterocycles. The van der Waals surface area contributed by atoms with E-state index in [-0.39, 0.29) is 11.8 Å². The Hall–Kier alpha value is -1.28. The monoisotopic (exact) mass is 318 g/mol. The molecular formula is C13H22N2O5S. The number of hydrogen-bond donors (Lipinski definition) is 3. The van der Waals surface area contributed by atoms with E-state index in [4.69, 9.17) is 5.11 Å². The van der Waals surface area contributed by atoms with Gasteiger partial charge in [-0.1, -0.05) is 13.8 Å². The normalized spacial score (nSPS) is 22.5. The van der Waals surface area contributed by atoms with E-state index in [2.05, 4.69) is 5.32 Å². The lowest BCUT2D eigenvalue weighted by atomic mass is 10.1. The standard InChI is InChI=1S/C13H22N2O5S/c1-4-8(2)11(17)15-7-21-5-9(15)10(16)14-6-13(3,20)12(18)19/h8-9,20H,4-7H2,1-3H3,(H,14,16)(H,18,19). The van der Waals surface area contributed by atoms with E-state index in [1.807, 2.05) is 13.8 Å². The third kappa shape index (κ3) is 4.34. The average molecular weight is 318 g/mol. The predicted octanol–water partition coefficient (Wildman–Crippen LogP) is -0.114. The molecule has 1 fully saturated rings. The fourth-order valence-electron chi connectivity index (χ4n) is 1.79. The molecule has 0 saturated carbocycles. The van der Waals surface area contributed by atoms with Crippen LogP contribution in [-0.2, 0) is 14.4 Å². The maximum Gasteiger partial charge on any atom is 0.337 e.